The Bertz CT molecular complexity index is 482. The van der Waals surface area contributed by atoms with E-state index in [-0.39, 0.29) is 0 Å². The number of rotatable bonds is 1. The number of fused-ring (bicyclic) bond motifs is 1. The Morgan fingerprint density at radius 3 is 2.79 bits per heavy atom. The third-order valence-electron chi connectivity index (χ3n) is 2.25. The summed E-state index contributed by atoms with van der Waals surface area (Å²) in [4.78, 5) is 4.26. The minimum atomic E-state index is 0.869. The van der Waals surface area contributed by atoms with E-state index in [1.807, 2.05) is 31.3 Å². The molecule has 0 fully saturated rings. The van der Waals surface area contributed by atoms with E-state index in [1.54, 1.807) is 7.11 Å². The number of pyridine rings is 1. The maximum absolute atomic E-state index is 5.30. The summed E-state index contributed by atoms with van der Waals surface area (Å²) in [5.41, 5.74) is 0.987. The largest absolute Gasteiger partial charge is 0.496 e. The van der Waals surface area contributed by atoms with Gasteiger partial charge in [-0.25, -0.2) is 0 Å². The van der Waals surface area contributed by atoms with Crippen LogP contribution in [0.25, 0.3) is 10.8 Å². The quantitative estimate of drug-likeness (QED) is 0.776. The number of hydrogen-bond acceptors (Lipinski definition) is 2. The van der Waals surface area contributed by atoms with Gasteiger partial charge in [0.1, 0.15) is 5.75 Å². The van der Waals surface area contributed by atoms with E-state index in [4.69, 9.17) is 4.74 Å². The van der Waals surface area contributed by atoms with Gasteiger partial charge in [-0.2, -0.15) is 0 Å². The maximum atomic E-state index is 5.30. The maximum Gasteiger partial charge on any atom is 0.128 e. The van der Waals surface area contributed by atoms with Gasteiger partial charge in [-0.05, 0) is 25.1 Å². The number of ether oxygens (including phenoxy) is 1. The van der Waals surface area contributed by atoms with Crippen molar-refractivity contribution in [3.63, 3.8) is 0 Å². The predicted molar refractivity (Wildman–Crippen MR) is 60.7 cm³/mol. The van der Waals surface area contributed by atoms with Crippen molar-refractivity contribution in [1.29, 1.82) is 0 Å². The van der Waals surface area contributed by atoms with Gasteiger partial charge in [-0.15, -0.1) is 0 Å². The van der Waals surface area contributed by atoms with Crippen LogP contribution in [0.5, 0.6) is 5.75 Å². The van der Waals surface area contributed by atoms with Crippen LogP contribution in [0, 0.1) is 6.92 Å². The summed E-state index contributed by atoms with van der Waals surface area (Å²) >= 11 is 3.51. The summed E-state index contributed by atoms with van der Waals surface area (Å²) in [5, 5.41) is 2.21. The molecule has 0 aliphatic carbocycles. The van der Waals surface area contributed by atoms with Gasteiger partial charge >= 0.3 is 0 Å². The lowest BCUT2D eigenvalue weighted by Crippen LogP contribution is -1.90. The SMILES string of the molecule is COc1ccc(Br)c2ccnc(C)c12. The molecule has 0 unspecified atom stereocenters. The highest BCUT2D eigenvalue weighted by molar-refractivity contribution is 9.10. The number of nitrogens with zero attached hydrogens (tertiary/aromatic N) is 1. The van der Waals surface area contributed by atoms with Crippen LogP contribution >= 0.6 is 15.9 Å². The third-order valence-corrected chi connectivity index (χ3v) is 2.94. The fourth-order valence-electron chi connectivity index (χ4n) is 1.57. The molecular formula is C11H10BrNO. The molecule has 3 heteroatoms. The minimum absolute atomic E-state index is 0.869. The summed E-state index contributed by atoms with van der Waals surface area (Å²) in [6.07, 6.45) is 1.81. The number of aromatic nitrogens is 1. The first-order valence-corrected chi connectivity index (χ1v) is 5.11. The highest BCUT2D eigenvalue weighted by Gasteiger charge is 2.07. The molecule has 2 rings (SSSR count). The Hall–Kier alpha value is -1.09. The first-order valence-electron chi connectivity index (χ1n) is 4.32. The van der Waals surface area contributed by atoms with Crippen LogP contribution in [0.15, 0.2) is 28.9 Å². The van der Waals surface area contributed by atoms with Crippen LogP contribution in [-0.4, -0.2) is 12.1 Å². The average molecular weight is 252 g/mol. The molecule has 1 heterocycles. The molecule has 0 radical (unpaired) electrons. The zero-order valence-corrected chi connectivity index (χ0v) is 9.63. The van der Waals surface area contributed by atoms with Crippen molar-refractivity contribution >= 4 is 26.7 Å². The summed E-state index contributed by atoms with van der Waals surface area (Å²) < 4.78 is 6.37. The van der Waals surface area contributed by atoms with Gasteiger partial charge in [0.15, 0.2) is 0 Å². The van der Waals surface area contributed by atoms with Crippen LogP contribution in [0.1, 0.15) is 5.69 Å². The van der Waals surface area contributed by atoms with Crippen molar-refractivity contribution in [2.75, 3.05) is 7.11 Å². The van der Waals surface area contributed by atoms with Crippen molar-refractivity contribution in [3.8, 4) is 5.75 Å². The van der Waals surface area contributed by atoms with Gasteiger partial charge in [-0.1, -0.05) is 15.9 Å². The lowest BCUT2D eigenvalue weighted by Gasteiger charge is -2.08. The lowest BCUT2D eigenvalue weighted by molar-refractivity contribution is 0.419. The average Bonchev–Trinajstić information content (AvgIpc) is 2.20. The Labute approximate surface area is 91.0 Å². The number of benzene rings is 1. The van der Waals surface area contributed by atoms with Gasteiger partial charge in [-0.3, -0.25) is 4.98 Å². The van der Waals surface area contributed by atoms with Gasteiger partial charge in [0, 0.05) is 27.1 Å². The molecule has 0 saturated heterocycles. The second kappa shape index (κ2) is 3.58. The van der Waals surface area contributed by atoms with Crippen molar-refractivity contribution in [2.45, 2.75) is 6.92 Å². The molecule has 0 bridgehead atoms. The molecule has 72 valence electrons. The highest BCUT2D eigenvalue weighted by atomic mass is 79.9. The molecule has 2 aromatic rings. The molecule has 14 heavy (non-hydrogen) atoms. The summed E-state index contributed by atoms with van der Waals surface area (Å²) in [6, 6.07) is 5.91. The van der Waals surface area contributed by atoms with Crippen LogP contribution in [0.2, 0.25) is 0 Å². The van der Waals surface area contributed by atoms with E-state index in [1.165, 1.54) is 0 Å². The number of hydrogen-bond donors (Lipinski definition) is 0. The van der Waals surface area contributed by atoms with Crippen molar-refractivity contribution in [1.82, 2.24) is 4.98 Å². The molecule has 0 N–H and O–H groups in total. The molecule has 0 spiro atoms. The van der Waals surface area contributed by atoms with Gasteiger partial charge < -0.3 is 4.74 Å². The van der Waals surface area contributed by atoms with E-state index in [9.17, 15) is 0 Å². The normalized spacial score (nSPS) is 10.5. The Kier molecular flexibility index (Phi) is 2.42. The molecule has 0 aliphatic rings. The second-order valence-corrected chi connectivity index (χ2v) is 3.92. The zero-order valence-electron chi connectivity index (χ0n) is 8.04. The van der Waals surface area contributed by atoms with E-state index in [2.05, 4.69) is 20.9 Å². The van der Waals surface area contributed by atoms with Crippen molar-refractivity contribution < 1.29 is 4.74 Å². The van der Waals surface area contributed by atoms with Crippen LogP contribution < -0.4 is 4.74 Å². The van der Waals surface area contributed by atoms with E-state index in [0.29, 0.717) is 0 Å². The first kappa shape index (κ1) is 9.46. The van der Waals surface area contributed by atoms with E-state index < -0.39 is 0 Å². The summed E-state index contributed by atoms with van der Waals surface area (Å²) in [7, 11) is 1.68. The molecule has 1 aromatic heterocycles. The van der Waals surface area contributed by atoms with E-state index >= 15 is 0 Å². The first-order chi connectivity index (χ1) is 6.74. The monoisotopic (exact) mass is 251 g/mol. The standard InChI is InChI=1S/C11H10BrNO/c1-7-11-8(5-6-13-7)9(12)3-4-10(11)14-2/h3-6H,1-2H3. The Morgan fingerprint density at radius 1 is 1.29 bits per heavy atom. The lowest BCUT2D eigenvalue weighted by atomic mass is 10.1. The molecule has 0 atom stereocenters. The minimum Gasteiger partial charge on any atom is -0.496 e. The van der Waals surface area contributed by atoms with Crippen LogP contribution in [0.3, 0.4) is 0 Å². The third kappa shape index (κ3) is 1.38. The summed E-state index contributed by atoms with van der Waals surface area (Å²) in [5.74, 6) is 0.869. The molecule has 0 aliphatic heterocycles. The smallest absolute Gasteiger partial charge is 0.128 e. The van der Waals surface area contributed by atoms with Crippen LogP contribution in [-0.2, 0) is 0 Å². The molecule has 0 saturated carbocycles. The van der Waals surface area contributed by atoms with Crippen molar-refractivity contribution in [3.05, 3.63) is 34.6 Å². The number of halogens is 1. The zero-order chi connectivity index (χ0) is 10.1. The second-order valence-electron chi connectivity index (χ2n) is 3.07. The highest BCUT2D eigenvalue weighted by Crippen LogP contribution is 2.32. The molecule has 0 amide bonds. The number of methoxy groups -OCH3 is 1. The van der Waals surface area contributed by atoms with Gasteiger partial charge in [0.05, 0.1) is 7.11 Å². The fourth-order valence-corrected chi connectivity index (χ4v) is 2.03. The Morgan fingerprint density at radius 2 is 2.07 bits per heavy atom. The molecule has 1 aromatic carbocycles. The van der Waals surface area contributed by atoms with E-state index in [0.717, 1.165) is 26.7 Å². The van der Waals surface area contributed by atoms with Gasteiger partial charge in [0.25, 0.3) is 0 Å². The number of aryl methyl sites for hydroxylation is 1. The van der Waals surface area contributed by atoms with Gasteiger partial charge in [0.2, 0.25) is 0 Å². The predicted octanol–water partition coefficient (Wildman–Crippen LogP) is 3.31. The molecule has 2 nitrogen and oxygen atoms in total. The Balaban J connectivity index is 2.92. The van der Waals surface area contributed by atoms with Crippen LogP contribution in [0.4, 0.5) is 0 Å². The fraction of sp³-hybridized carbons (Fsp3) is 0.182. The van der Waals surface area contributed by atoms with Crippen molar-refractivity contribution in [2.24, 2.45) is 0 Å². The topological polar surface area (TPSA) is 22.1 Å². The molecular weight excluding hydrogens is 242 g/mol. The summed E-state index contributed by atoms with van der Waals surface area (Å²) in [6.45, 7) is 1.98.